The number of amides is 2. The van der Waals surface area contributed by atoms with Gasteiger partial charge in [0, 0.05) is 30.3 Å². The van der Waals surface area contributed by atoms with Gasteiger partial charge in [-0.1, -0.05) is 20.8 Å². The molecular formula is C13H22N4O. The second-order valence-corrected chi connectivity index (χ2v) is 5.89. The van der Waals surface area contributed by atoms with Crippen LogP contribution in [0.15, 0.2) is 6.07 Å². The first-order valence-corrected chi connectivity index (χ1v) is 6.58. The number of rotatable bonds is 1. The number of nitrogens with zero attached hydrogens (tertiary/aromatic N) is 2. The first kappa shape index (κ1) is 12.9. The van der Waals surface area contributed by atoms with E-state index in [0.717, 1.165) is 31.6 Å². The van der Waals surface area contributed by atoms with Gasteiger partial charge in [0.05, 0.1) is 0 Å². The smallest absolute Gasteiger partial charge is 0.323 e. The summed E-state index contributed by atoms with van der Waals surface area (Å²) >= 11 is 0. The molecule has 2 rings (SSSR count). The van der Waals surface area contributed by atoms with Gasteiger partial charge in [0.15, 0.2) is 5.82 Å². The molecule has 1 aromatic rings. The van der Waals surface area contributed by atoms with Crippen LogP contribution in [0, 0.1) is 0 Å². The lowest BCUT2D eigenvalue weighted by atomic mass is 9.92. The Morgan fingerprint density at radius 1 is 1.33 bits per heavy atom. The molecule has 1 aliphatic heterocycles. The maximum absolute atomic E-state index is 12.0. The molecule has 0 bridgehead atoms. The van der Waals surface area contributed by atoms with Crippen molar-refractivity contribution >= 4 is 11.8 Å². The maximum atomic E-state index is 12.0. The van der Waals surface area contributed by atoms with Gasteiger partial charge in [-0.25, -0.2) is 4.79 Å². The molecule has 0 aromatic carbocycles. The molecule has 5 heteroatoms. The van der Waals surface area contributed by atoms with E-state index in [0.29, 0.717) is 5.82 Å². The Kier molecular flexibility index (Phi) is 3.59. The topological polar surface area (TPSA) is 61.0 Å². The minimum atomic E-state index is -0.0401. The Labute approximate surface area is 108 Å². The molecule has 100 valence electrons. The van der Waals surface area contributed by atoms with E-state index in [2.05, 4.69) is 36.3 Å². The molecule has 5 nitrogen and oxygen atoms in total. The van der Waals surface area contributed by atoms with Crippen LogP contribution in [-0.2, 0) is 5.41 Å². The van der Waals surface area contributed by atoms with Crippen molar-refractivity contribution in [3.05, 3.63) is 11.8 Å². The van der Waals surface area contributed by atoms with Gasteiger partial charge in [0.2, 0.25) is 0 Å². The molecule has 18 heavy (non-hydrogen) atoms. The number of H-pyrrole nitrogens is 1. The fraction of sp³-hybridized carbons (Fsp3) is 0.692. The Morgan fingerprint density at radius 2 is 2.00 bits per heavy atom. The van der Waals surface area contributed by atoms with Gasteiger partial charge in [-0.15, -0.1) is 0 Å². The zero-order valence-electron chi connectivity index (χ0n) is 11.4. The van der Waals surface area contributed by atoms with Crippen LogP contribution in [0.2, 0.25) is 0 Å². The van der Waals surface area contributed by atoms with Crippen molar-refractivity contribution in [2.45, 2.75) is 45.4 Å². The highest BCUT2D eigenvalue weighted by molar-refractivity contribution is 5.88. The molecule has 0 radical (unpaired) electrons. The fourth-order valence-corrected chi connectivity index (χ4v) is 2.06. The molecule has 2 N–H and O–H groups in total. The van der Waals surface area contributed by atoms with E-state index >= 15 is 0 Å². The summed E-state index contributed by atoms with van der Waals surface area (Å²) in [4.78, 5) is 13.8. The molecule has 1 aromatic heterocycles. The van der Waals surface area contributed by atoms with Crippen LogP contribution in [0.25, 0.3) is 0 Å². The number of carbonyl (C=O) groups excluding carboxylic acids is 1. The Bertz CT molecular complexity index is 413. The van der Waals surface area contributed by atoms with Crippen LogP contribution in [0.5, 0.6) is 0 Å². The Morgan fingerprint density at radius 3 is 2.56 bits per heavy atom. The van der Waals surface area contributed by atoms with Crippen LogP contribution in [0.4, 0.5) is 10.6 Å². The quantitative estimate of drug-likeness (QED) is 0.805. The molecular weight excluding hydrogens is 228 g/mol. The molecule has 0 saturated carbocycles. The van der Waals surface area contributed by atoms with E-state index in [-0.39, 0.29) is 11.4 Å². The number of nitrogens with one attached hydrogen (secondary N) is 2. The highest BCUT2D eigenvalue weighted by Crippen LogP contribution is 2.22. The molecule has 1 fully saturated rings. The Hall–Kier alpha value is -1.52. The number of likely N-dealkylation sites (tertiary alicyclic amines) is 1. The van der Waals surface area contributed by atoms with Crippen molar-refractivity contribution in [1.29, 1.82) is 0 Å². The third kappa shape index (κ3) is 3.03. The average Bonchev–Trinajstić information content (AvgIpc) is 2.78. The molecule has 1 aliphatic rings. The number of urea groups is 1. The molecule has 1 saturated heterocycles. The second kappa shape index (κ2) is 5.00. The molecule has 2 heterocycles. The molecule has 0 unspecified atom stereocenters. The lowest BCUT2D eigenvalue weighted by Crippen LogP contribution is -2.38. The minimum absolute atomic E-state index is 0.0150. The summed E-state index contributed by atoms with van der Waals surface area (Å²) in [6.07, 6.45) is 3.42. The third-order valence-corrected chi connectivity index (χ3v) is 3.26. The predicted molar refractivity (Wildman–Crippen MR) is 71.7 cm³/mol. The number of anilines is 1. The van der Waals surface area contributed by atoms with E-state index in [9.17, 15) is 4.79 Å². The second-order valence-electron chi connectivity index (χ2n) is 5.89. The highest BCUT2D eigenvalue weighted by atomic mass is 16.2. The molecule has 0 spiro atoms. The normalized spacial score (nSPS) is 16.7. The summed E-state index contributed by atoms with van der Waals surface area (Å²) < 4.78 is 0. The van der Waals surface area contributed by atoms with Crippen LogP contribution in [-0.4, -0.2) is 34.2 Å². The summed E-state index contributed by atoms with van der Waals surface area (Å²) in [5.41, 5.74) is 1.04. The predicted octanol–water partition coefficient (Wildman–Crippen LogP) is 2.73. The van der Waals surface area contributed by atoms with Crippen LogP contribution < -0.4 is 5.32 Å². The summed E-state index contributed by atoms with van der Waals surface area (Å²) in [6.45, 7) is 8.02. The number of aromatic amines is 1. The van der Waals surface area contributed by atoms with Crippen molar-refractivity contribution in [2.24, 2.45) is 0 Å². The number of aromatic nitrogens is 2. The van der Waals surface area contributed by atoms with E-state index in [1.165, 1.54) is 6.42 Å². The van der Waals surface area contributed by atoms with Gasteiger partial charge < -0.3 is 4.90 Å². The first-order valence-electron chi connectivity index (χ1n) is 6.58. The minimum Gasteiger partial charge on any atom is -0.325 e. The van der Waals surface area contributed by atoms with Gasteiger partial charge in [-0.2, -0.15) is 5.10 Å². The maximum Gasteiger partial charge on any atom is 0.323 e. The van der Waals surface area contributed by atoms with Gasteiger partial charge in [0.1, 0.15) is 0 Å². The SMILES string of the molecule is CC(C)(C)c1cc(NC(=O)N2CCCCC2)n[nH]1. The molecule has 0 atom stereocenters. The van der Waals surface area contributed by atoms with Crippen molar-refractivity contribution in [1.82, 2.24) is 15.1 Å². The summed E-state index contributed by atoms with van der Waals surface area (Å²) in [5.74, 6) is 0.607. The van der Waals surface area contributed by atoms with Crippen LogP contribution in [0.1, 0.15) is 45.7 Å². The molecule has 0 aliphatic carbocycles. The lowest BCUT2D eigenvalue weighted by molar-refractivity contribution is 0.200. The van der Waals surface area contributed by atoms with Crippen molar-refractivity contribution in [3.63, 3.8) is 0 Å². The third-order valence-electron chi connectivity index (χ3n) is 3.26. The van der Waals surface area contributed by atoms with Gasteiger partial charge in [-0.3, -0.25) is 10.4 Å². The standard InChI is InChI=1S/C13H22N4O/c1-13(2,3)10-9-11(16-15-10)14-12(18)17-7-5-4-6-8-17/h9H,4-8H2,1-3H3,(H2,14,15,16,18). The van der Waals surface area contributed by atoms with E-state index in [4.69, 9.17) is 0 Å². The van der Waals surface area contributed by atoms with Crippen molar-refractivity contribution < 1.29 is 4.79 Å². The number of piperidine rings is 1. The zero-order chi connectivity index (χ0) is 13.2. The van der Waals surface area contributed by atoms with E-state index < -0.39 is 0 Å². The molecule has 2 amide bonds. The summed E-state index contributed by atoms with van der Waals surface area (Å²) in [6, 6.07) is 1.86. The largest absolute Gasteiger partial charge is 0.325 e. The van der Waals surface area contributed by atoms with Gasteiger partial charge in [0.25, 0.3) is 0 Å². The first-order chi connectivity index (χ1) is 8.47. The Balaban J connectivity index is 1.96. The van der Waals surface area contributed by atoms with E-state index in [1.807, 2.05) is 11.0 Å². The van der Waals surface area contributed by atoms with Crippen molar-refractivity contribution in [3.8, 4) is 0 Å². The summed E-state index contributed by atoms with van der Waals surface area (Å²) in [5, 5.41) is 9.95. The highest BCUT2D eigenvalue weighted by Gasteiger charge is 2.20. The summed E-state index contributed by atoms with van der Waals surface area (Å²) in [7, 11) is 0. The average molecular weight is 250 g/mol. The number of carbonyl (C=O) groups is 1. The lowest BCUT2D eigenvalue weighted by Gasteiger charge is -2.26. The monoisotopic (exact) mass is 250 g/mol. The number of hydrogen-bond donors (Lipinski definition) is 2. The van der Waals surface area contributed by atoms with Crippen LogP contribution in [0.3, 0.4) is 0 Å². The van der Waals surface area contributed by atoms with Gasteiger partial charge >= 0.3 is 6.03 Å². The van der Waals surface area contributed by atoms with E-state index in [1.54, 1.807) is 0 Å². The fourth-order valence-electron chi connectivity index (χ4n) is 2.06. The van der Waals surface area contributed by atoms with Gasteiger partial charge in [-0.05, 0) is 19.3 Å². The number of hydrogen-bond acceptors (Lipinski definition) is 2. The zero-order valence-corrected chi connectivity index (χ0v) is 11.4. The van der Waals surface area contributed by atoms with Crippen molar-refractivity contribution in [2.75, 3.05) is 18.4 Å². The van der Waals surface area contributed by atoms with Crippen LogP contribution >= 0.6 is 0 Å².